The van der Waals surface area contributed by atoms with Crippen LogP contribution in [0.5, 0.6) is 0 Å². The first-order chi connectivity index (χ1) is 11.0. The molecule has 1 atom stereocenters. The number of rotatable bonds is 9. The van der Waals surface area contributed by atoms with Gasteiger partial charge in [-0.15, -0.1) is 0 Å². The lowest BCUT2D eigenvalue weighted by Crippen LogP contribution is -2.35. The fourth-order valence-electron chi connectivity index (χ4n) is 1.75. The van der Waals surface area contributed by atoms with E-state index in [1.165, 1.54) is 0 Å². The first-order valence-electron chi connectivity index (χ1n) is 7.31. The van der Waals surface area contributed by atoms with Crippen LogP contribution in [0, 0.1) is 0 Å². The predicted octanol–water partition coefficient (Wildman–Crippen LogP) is -0.659. The van der Waals surface area contributed by atoms with Crippen molar-refractivity contribution in [1.29, 1.82) is 0 Å². The molecule has 0 bridgehead atoms. The van der Waals surface area contributed by atoms with Gasteiger partial charge < -0.3 is 27.3 Å². The van der Waals surface area contributed by atoms with Crippen molar-refractivity contribution in [3.8, 4) is 0 Å². The summed E-state index contributed by atoms with van der Waals surface area (Å²) in [5, 5.41) is 2.66. The first-order valence-corrected chi connectivity index (χ1v) is 7.31. The maximum atomic E-state index is 11.7. The van der Waals surface area contributed by atoms with Gasteiger partial charge in [0.05, 0.1) is 6.54 Å². The van der Waals surface area contributed by atoms with Gasteiger partial charge in [0.25, 0.3) is 5.91 Å². The summed E-state index contributed by atoms with van der Waals surface area (Å²) >= 11 is 0. The standard InChI is InChI=1S/C15H23N5O3/c16-12(7-4-8-20-15(17)18)14(22)23-10-9-19-13(21)11-5-2-1-3-6-11/h1-3,5-6,12H,4,7-10,16H2,(H,19,21)(H4,17,18,20)/t12-/m0/s1. The third kappa shape index (κ3) is 7.82. The zero-order valence-electron chi connectivity index (χ0n) is 12.9. The second kappa shape index (κ2) is 10.2. The summed E-state index contributed by atoms with van der Waals surface area (Å²) in [4.78, 5) is 27.2. The molecular formula is C15H23N5O3. The normalized spacial score (nSPS) is 11.3. The molecule has 8 heteroatoms. The van der Waals surface area contributed by atoms with Gasteiger partial charge >= 0.3 is 5.97 Å². The van der Waals surface area contributed by atoms with Gasteiger partial charge in [-0.3, -0.25) is 14.6 Å². The average molecular weight is 321 g/mol. The monoisotopic (exact) mass is 321 g/mol. The highest BCUT2D eigenvalue weighted by atomic mass is 16.5. The number of benzene rings is 1. The minimum absolute atomic E-state index is 0.00954. The summed E-state index contributed by atoms with van der Waals surface area (Å²) in [6.07, 6.45) is 1.00. The molecule has 0 saturated carbocycles. The van der Waals surface area contributed by atoms with E-state index in [2.05, 4.69) is 10.3 Å². The van der Waals surface area contributed by atoms with Gasteiger partial charge in [-0.05, 0) is 25.0 Å². The van der Waals surface area contributed by atoms with Crippen molar-refractivity contribution in [2.45, 2.75) is 18.9 Å². The smallest absolute Gasteiger partial charge is 0.322 e. The number of carbonyl (C=O) groups is 2. The fourth-order valence-corrected chi connectivity index (χ4v) is 1.75. The van der Waals surface area contributed by atoms with Crippen LogP contribution in [-0.2, 0) is 9.53 Å². The third-order valence-electron chi connectivity index (χ3n) is 2.94. The van der Waals surface area contributed by atoms with Crippen LogP contribution in [0.4, 0.5) is 0 Å². The van der Waals surface area contributed by atoms with Crippen LogP contribution < -0.4 is 22.5 Å². The van der Waals surface area contributed by atoms with Crippen LogP contribution in [0.2, 0.25) is 0 Å². The van der Waals surface area contributed by atoms with Gasteiger partial charge in [0.1, 0.15) is 12.6 Å². The highest BCUT2D eigenvalue weighted by Gasteiger charge is 2.14. The van der Waals surface area contributed by atoms with Gasteiger partial charge in [-0.25, -0.2) is 0 Å². The number of esters is 1. The number of ether oxygens (including phenoxy) is 1. The van der Waals surface area contributed by atoms with E-state index in [4.69, 9.17) is 21.9 Å². The molecule has 0 radical (unpaired) electrons. The second-order valence-corrected chi connectivity index (χ2v) is 4.84. The molecule has 0 fully saturated rings. The Balaban J connectivity index is 2.16. The Morgan fingerprint density at radius 2 is 1.91 bits per heavy atom. The molecular weight excluding hydrogens is 298 g/mol. The van der Waals surface area contributed by atoms with E-state index in [1.807, 2.05) is 6.07 Å². The van der Waals surface area contributed by atoms with Crippen molar-refractivity contribution in [2.75, 3.05) is 19.7 Å². The quantitative estimate of drug-likeness (QED) is 0.205. The fraction of sp³-hybridized carbons (Fsp3) is 0.400. The van der Waals surface area contributed by atoms with E-state index in [0.29, 0.717) is 24.9 Å². The number of nitrogens with one attached hydrogen (secondary N) is 1. The van der Waals surface area contributed by atoms with Gasteiger partial charge in [-0.2, -0.15) is 0 Å². The zero-order chi connectivity index (χ0) is 17.1. The van der Waals surface area contributed by atoms with Gasteiger partial charge in [0, 0.05) is 12.1 Å². The largest absolute Gasteiger partial charge is 0.463 e. The Bertz CT molecular complexity index is 529. The molecule has 0 unspecified atom stereocenters. The molecule has 0 aliphatic carbocycles. The van der Waals surface area contributed by atoms with E-state index in [0.717, 1.165) is 0 Å². The molecule has 0 heterocycles. The molecule has 0 aromatic heterocycles. The van der Waals surface area contributed by atoms with E-state index in [9.17, 15) is 9.59 Å². The van der Waals surface area contributed by atoms with Crippen molar-refractivity contribution in [1.82, 2.24) is 5.32 Å². The molecule has 7 N–H and O–H groups in total. The molecule has 23 heavy (non-hydrogen) atoms. The number of aliphatic imine (C=N–C) groups is 1. The van der Waals surface area contributed by atoms with Crippen LogP contribution in [0.25, 0.3) is 0 Å². The first kappa shape index (κ1) is 18.4. The van der Waals surface area contributed by atoms with Crippen LogP contribution in [0.1, 0.15) is 23.2 Å². The Kier molecular flexibility index (Phi) is 8.16. The molecule has 1 aromatic rings. The van der Waals surface area contributed by atoms with E-state index >= 15 is 0 Å². The van der Waals surface area contributed by atoms with Crippen molar-refractivity contribution in [2.24, 2.45) is 22.2 Å². The van der Waals surface area contributed by atoms with Crippen molar-refractivity contribution >= 4 is 17.8 Å². The lowest BCUT2D eigenvalue weighted by molar-refractivity contribution is -0.145. The number of hydrogen-bond acceptors (Lipinski definition) is 5. The third-order valence-corrected chi connectivity index (χ3v) is 2.94. The molecule has 1 aromatic carbocycles. The minimum atomic E-state index is -0.728. The van der Waals surface area contributed by atoms with Crippen LogP contribution in [-0.4, -0.2) is 43.6 Å². The van der Waals surface area contributed by atoms with Gasteiger partial charge in [-0.1, -0.05) is 18.2 Å². The summed E-state index contributed by atoms with van der Waals surface area (Å²) in [7, 11) is 0. The Hall–Kier alpha value is -2.61. The van der Waals surface area contributed by atoms with Crippen LogP contribution in [0.3, 0.4) is 0 Å². The van der Waals surface area contributed by atoms with Crippen LogP contribution in [0.15, 0.2) is 35.3 Å². The van der Waals surface area contributed by atoms with Crippen molar-refractivity contribution < 1.29 is 14.3 Å². The summed E-state index contributed by atoms with van der Waals surface area (Å²) in [5.74, 6) is -0.720. The maximum Gasteiger partial charge on any atom is 0.322 e. The lowest BCUT2D eigenvalue weighted by Gasteiger charge is -2.11. The molecule has 8 nitrogen and oxygen atoms in total. The highest BCUT2D eigenvalue weighted by Crippen LogP contribution is 1.99. The summed E-state index contributed by atoms with van der Waals surface area (Å²) in [6.45, 7) is 0.704. The highest BCUT2D eigenvalue weighted by molar-refractivity contribution is 5.94. The number of hydrogen-bond donors (Lipinski definition) is 4. The Labute approximate surface area is 135 Å². The van der Waals surface area contributed by atoms with E-state index in [1.54, 1.807) is 24.3 Å². The molecule has 126 valence electrons. The number of nitrogens with zero attached hydrogens (tertiary/aromatic N) is 1. The summed E-state index contributed by atoms with van der Waals surface area (Å²) in [5.41, 5.74) is 16.6. The Morgan fingerprint density at radius 1 is 1.22 bits per heavy atom. The summed E-state index contributed by atoms with van der Waals surface area (Å²) in [6, 6.07) is 8.05. The molecule has 0 saturated heterocycles. The van der Waals surface area contributed by atoms with Crippen molar-refractivity contribution in [3.63, 3.8) is 0 Å². The molecule has 1 rings (SSSR count). The molecule has 0 aliphatic heterocycles. The topological polar surface area (TPSA) is 146 Å². The number of amides is 1. The molecule has 1 amide bonds. The number of guanidine groups is 1. The average Bonchev–Trinajstić information content (AvgIpc) is 2.55. The van der Waals surface area contributed by atoms with E-state index in [-0.39, 0.29) is 25.0 Å². The molecule has 0 aliphatic rings. The predicted molar refractivity (Wildman–Crippen MR) is 87.6 cm³/mol. The van der Waals surface area contributed by atoms with Gasteiger partial charge in [0.15, 0.2) is 5.96 Å². The summed E-state index contributed by atoms with van der Waals surface area (Å²) < 4.78 is 5.00. The lowest BCUT2D eigenvalue weighted by atomic mass is 10.2. The van der Waals surface area contributed by atoms with Crippen molar-refractivity contribution in [3.05, 3.63) is 35.9 Å². The Morgan fingerprint density at radius 3 is 2.57 bits per heavy atom. The van der Waals surface area contributed by atoms with Crippen LogP contribution >= 0.6 is 0 Å². The second-order valence-electron chi connectivity index (χ2n) is 4.84. The zero-order valence-corrected chi connectivity index (χ0v) is 12.9. The number of nitrogens with two attached hydrogens (primary N) is 3. The SMILES string of the molecule is NC(N)=NCCC[C@H](N)C(=O)OCCNC(=O)c1ccccc1. The molecule has 0 spiro atoms. The minimum Gasteiger partial charge on any atom is -0.463 e. The maximum absolute atomic E-state index is 11.7. The van der Waals surface area contributed by atoms with E-state index < -0.39 is 12.0 Å². The number of carbonyl (C=O) groups excluding carboxylic acids is 2. The van der Waals surface area contributed by atoms with Gasteiger partial charge in [0.2, 0.25) is 0 Å².